The predicted octanol–water partition coefficient (Wildman–Crippen LogP) is 3.16. The van der Waals surface area contributed by atoms with Gasteiger partial charge in [-0.15, -0.1) is 0 Å². The summed E-state index contributed by atoms with van der Waals surface area (Å²) in [5.74, 6) is 0.749. The summed E-state index contributed by atoms with van der Waals surface area (Å²) >= 11 is 5.94. The standard InChI is InChI=1S/C16H19ClN4O/c1-11-5-6-13(10-12(11)2)21-16(18)20-8-9-22-15-14(17)4-3-7-19-15/h3-7,10H,8-9H2,1-2H3,(H3,18,20,21). The Morgan fingerprint density at radius 1 is 1.32 bits per heavy atom. The molecule has 0 unspecified atom stereocenters. The highest BCUT2D eigenvalue weighted by Crippen LogP contribution is 2.19. The van der Waals surface area contributed by atoms with Gasteiger partial charge in [0.25, 0.3) is 0 Å². The Morgan fingerprint density at radius 3 is 2.86 bits per heavy atom. The van der Waals surface area contributed by atoms with Gasteiger partial charge in [-0.3, -0.25) is 0 Å². The molecule has 0 atom stereocenters. The second-order valence-corrected chi connectivity index (χ2v) is 5.24. The molecule has 0 spiro atoms. The molecule has 0 saturated carbocycles. The van der Waals surface area contributed by atoms with Gasteiger partial charge in [-0.2, -0.15) is 0 Å². The summed E-state index contributed by atoms with van der Waals surface area (Å²) in [5.41, 5.74) is 9.20. The highest BCUT2D eigenvalue weighted by molar-refractivity contribution is 6.31. The van der Waals surface area contributed by atoms with Gasteiger partial charge in [0.2, 0.25) is 5.88 Å². The number of guanidine groups is 1. The van der Waals surface area contributed by atoms with Crippen molar-refractivity contribution < 1.29 is 4.74 Å². The first-order valence-electron chi connectivity index (χ1n) is 6.94. The quantitative estimate of drug-likeness (QED) is 0.504. The van der Waals surface area contributed by atoms with E-state index in [1.54, 1.807) is 18.3 Å². The highest BCUT2D eigenvalue weighted by Gasteiger charge is 2.01. The molecule has 0 radical (unpaired) electrons. The van der Waals surface area contributed by atoms with Gasteiger partial charge >= 0.3 is 0 Å². The Morgan fingerprint density at radius 2 is 2.14 bits per heavy atom. The first kappa shape index (κ1) is 16.1. The largest absolute Gasteiger partial charge is 0.475 e. The maximum atomic E-state index is 5.94. The van der Waals surface area contributed by atoms with E-state index in [0.29, 0.717) is 30.0 Å². The van der Waals surface area contributed by atoms with Crippen molar-refractivity contribution in [2.45, 2.75) is 13.8 Å². The number of anilines is 1. The van der Waals surface area contributed by atoms with Crippen molar-refractivity contribution in [1.29, 1.82) is 0 Å². The van der Waals surface area contributed by atoms with E-state index in [0.717, 1.165) is 5.69 Å². The Labute approximate surface area is 135 Å². The van der Waals surface area contributed by atoms with E-state index in [1.807, 2.05) is 18.2 Å². The summed E-state index contributed by atoms with van der Waals surface area (Å²) in [6.45, 7) is 4.89. The van der Waals surface area contributed by atoms with Crippen LogP contribution in [-0.4, -0.2) is 24.1 Å². The van der Waals surface area contributed by atoms with Crippen molar-refractivity contribution >= 4 is 23.2 Å². The summed E-state index contributed by atoms with van der Waals surface area (Å²) in [7, 11) is 0. The van der Waals surface area contributed by atoms with Crippen LogP contribution in [0.1, 0.15) is 11.1 Å². The molecule has 0 fully saturated rings. The van der Waals surface area contributed by atoms with Gasteiger partial charge in [0, 0.05) is 11.9 Å². The molecule has 3 N–H and O–H groups in total. The number of aryl methyl sites for hydroxylation is 2. The molecule has 0 aliphatic carbocycles. The third-order valence-electron chi connectivity index (χ3n) is 3.12. The number of hydrogen-bond donors (Lipinski definition) is 2. The lowest BCUT2D eigenvalue weighted by atomic mass is 10.1. The molecule has 0 bridgehead atoms. The number of ether oxygens (including phenoxy) is 1. The molecule has 22 heavy (non-hydrogen) atoms. The van der Waals surface area contributed by atoms with Gasteiger partial charge in [-0.1, -0.05) is 17.7 Å². The number of halogens is 1. The number of nitrogens with one attached hydrogen (secondary N) is 1. The van der Waals surface area contributed by atoms with Crippen molar-refractivity contribution in [3.63, 3.8) is 0 Å². The molecular formula is C16H19ClN4O. The number of pyridine rings is 1. The molecular weight excluding hydrogens is 300 g/mol. The van der Waals surface area contributed by atoms with Crippen molar-refractivity contribution in [3.8, 4) is 5.88 Å². The van der Waals surface area contributed by atoms with E-state index in [9.17, 15) is 0 Å². The summed E-state index contributed by atoms with van der Waals surface area (Å²) in [6, 6.07) is 9.51. The lowest BCUT2D eigenvalue weighted by Crippen LogP contribution is -2.23. The van der Waals surface area contributed by atoms with Gasteiger partial charge in [-0.25, -0.2) is 9.98 Å². The minimum atomic E-state index is 0.346. The lowest BCUT2D eigenvalue weighted by Gasteiger charge is -2.08. The number of benzene rings is 1. The molecule has 6 heteroatoms. The first-order valence-corrected chi connectivity index (χ1v) is 7.31. The van der Waals surface area contributed by atoms with Crippen LogP contribution in [-0.2, 0) is 0 Å². The maximum Gasteiger partial charge on any atom is 0.232 e. The Kier molecular flexibility index (Phi) is 5.61. The molecule has 5 nitrogen and oxygen atoms in total. The van der Waals surface area contributed by atoms with E-state index in [1.165, 1.54) is 11.1 Å². The summed E-state index contributed by atoms with van der Waals surface area (Å²) in [6.07, 6.45) is 1.63. The number of nitrogens with two attached hydrogens (primary N) is 1. The van der Waals surface area contributed by atoms with E-state index in [-0.39, 0.29) is 0 Å². The molecule has 1 aromatic carbocycles. The molecule has 1 aromatic heterocycles. The normalized spacial score (nSPS) is 11.3. The average Bonchev–Trinajstić information content (AvgIpc) is 2.49. The summed E-state index contributed by atoms with van der Waals surface area (Å²) in [5, 5.41) is 3.53. The SMILES string of the molecule is Cc1ccc(NC(N)=NCCOc2ncccc2Cl)cc1C. The van der Waals surface area contributed by atoms with Crippen LogP contribution in [0.2, 0.25) is 5.02 Å². The predicted molar refractivity (Wildman–Crippen MR) is 90.8 cm³/mol. The fourth-order valence-electron chi connectivity index (χ4n) is 1.79. The number of nitrogens with zero attached hydrogens (tertiary/aromatic N) is 2. The second kappa shape index (κ2) is 7.66. The van der Waals surface area contributed by atoms with Crippen molar-refractivity contribution in [3.05, 3.63) is 52.7 Å². The van der Waals surface area contributed by atoms with Gasteiger partial charge in [0.05, 0.1) is 6.54 Å². The maximum absolute atomic E-state index is 5.94. The Hall–Kier alpha value is -2.27. The van der Waals surface area contributed by atoms with Crippen LogP contribution in [0.25, 0.3) is 0 Å². The van der Waals surface area contributed by atoms with Crippen LogP contribution in [0.4, 0.5) is 5.69 Å². The van der Waals surface area contributed by atoms with Crippen LogP contribution < -0.4 is 15.8 Å². The van der Waals surface area contributed by atoms with Crippen molar-refractivity contribution in [2.75, 3.05) is 18.5 Å². The molecule has 1 heterocycles. The molecule has 0 saturated heterocycles. The zero-order valence-electron chi connectivity index (χ0n) is 12.6. The monoisotopic (exact) mass is 318 g/mol. The topological polar surface area (TPSA) is 72.5 Å². The highest BCUT2D eigenvalue weighted by atomic mass is 35.5. The van der Waals surface area contributed by atoms with Crippen LogP contribution in [0.5, 0.6) is 5.88 Å². The van der Waals surface area contributed by atoms with Crippen LogP contribution >= 0.6 is 11.6 Å². The van der Waals surface area contributed by atoms with Gasteiger partial charge < -0.3 is 15.8 Å². The summed E-state index contributed by atoms with van der Waals surface area (Å²) < 4.78 is 5.44. The molecule has 0 amide bonds. The van der Waals surface area contributed by atoms with Gasteiger partial charge in [0.15, 0.2) is 5.96 Å². The second-order valence-electron chi connectivity index (χ2n) is 4.83. The first-order chi connectivity index (χ1) is 10.6. The average molecular weight is 319 g/mol. The number of hydrogen-bond acceptors (Lipinski definition) is 3. The van der Waals surface area contributed by atoms with E-state index >= 15 is 0 Å². The fourth-order valence-corrected chi connectivity index (χ4v) is 1.97. The van der Waals surface area contributed by atoms with Gasteiger partial charge in [-0.05, 0) is 49.2 Å². The van der Waals surface area contributed by atoms with E-state index in [2.05, 4.69) is 29.1 Å². The lowest BCUT2D eigenvalue weighted by molar-refractivity contribution is 0.316. The number of aliphatic imine (C=N–C) groups is 1. The molecule has 2 aromatic rings. The molecule has 116 valence electrons. The van der Waals surface area contributed by atoms with E-state index < -0.39 is 0 Å². The van der Waals surface area contributed by atoms with Crippen molar-refractivity contribution in [1.82, 2.24) is 4.98 Å². The van der Waals surface area contributed by atoms with Crippen LogP contribution in [0.15, 0.2) is 41.5 Å². The third-order valence-corrected chi connectivity index (χ3v) is 3.40. The molecule has 2 rings (SSSR count). The Bertz CT molecular complexity index is 673. The van der Waals surface area contributed by atoms with Crippen molar-refractivity contribution in [2.24, 2.45) is 10.7 Å². The minimum Gasteiger partial charge on any atom is -0.475 e. The van der Waals surface area contributed by atoms with E-state index in [4.69, 9.17) is 22.1 Å². The fraction of sp³-hybridized carbons (Fsp3) is 0.250. The molecule has 0 aliphatic rings. The number of aromatic nitrogens is 1. The zero-order valence-corrected chi connectivity index (χ0v) is 13.4. The smallest absolute Gasteiger partial charge is 0.232 e. The van der Waals surface area contributed by atoms with Crippen LogP contribution in [0, 0.1) is 13.8 Å². The summed E-state index contributed by atoms with van der Waals surface area (Å²) in [4.78, 5) is 8.23. The molecule has 0 aliphatic heterocycles. The van der Waals surface area contributed by atoms with Gasteiger partial charge in [0.1, 0.15) is 11.6 Å². The van der Waals surface area contributed by atoms with Crippen LogP contribution in [0.3, 0.4) is 0 Å². The Balaban J connectivity index is 1.82. The number of rotatable bonds is 5. The minimum absolute atomic E-state index is 0.346. The third kappa shape index (κ3) is 4.63. The zero-order chi connectivity index (χ0) is 15.9.